The van der Waals surface area contributed by atoms with Crippen molar-refractivity contribution in [3.63, 3.8) is 0 Å². The topological polar surface area (TPSA) is 21.3 Å². The van der Waals surface area contributed by atoms with Gasteiger partial charge in [-0.3, -0.25) is 0 Å². The van der Waals surface area contributed by atoms with E-state index in [2.05, 4.69) is 33.0 Å². The molecule has 0 aromatic rings. The largest absolute Gasteiger partial charge is 0.375 e. The zero-order chi connectivity index (χ0) is 11.0. The SMILES string of the molecule is CC1CC(C)C2NC(C(C)C)COC2C1. The fourth-order valence-electron chi connectivity index (χ4n) is 3.14. The average Bonchev–Trinajstić information content (AvgIpc) is 2.16. The lowest BCUT2D eigenvalue weighted by Crippen LogP contribution is -2.60. The zero-order valence-electron chi connectivity index (χ0n) is 10.5. The molecule has 0 amide bonds. The molecular formula is C13H25NO. The van der Waals surface area contributed by atoms with Crippen molar-refractivity contribution in [3.05, 3.63) is 0 Å². The van der Waals surface area contributed by atoms with E-state index >= 15 is 0 Å². The Morgan fingerprint density at radius 3 is 2.60 bits per heavy atom. The maximum Gasteiger partial charge on any atom is 0.0734 e. The van der Waals surface area contributed by atoms with Gasteiger partial charge < -0.3 is 10.1 Å². The van der Waals surface area contributed by atoms with Crippen LogP contribution < -0.4 is 5.32 Å². The van der Waals surface area contributed by atoms with E-state index in [9.17, 15) is 0 Å². The molecule has 2 aliphatic rings. The van der Waals surface area contributed by atoms with Gasteiger partial charge in [0.2, 0.25) is 0 Å². The van der Waals surface area contributed by atoms with Crippen LogP contribution in [-0.2, 0) is 4.74 Å². The molecule has 5 unspecified atom stereocenters. The van der Waals surface area contributed by atoms with E-state index in [0.29, 0.717) is 24.1 Å². The van der Waals surface area contributed by atoms with Crippen molar-refractivity contribution in [2.75, 3.05) is 6.61 Å². The molecule has 88 valence electrons. The van der Waals surface area contributed by atoms with Crippen LogP contribution in [-0.4, -0.2) is 24.8 Å². The predicted molar refractivity (Wildman–Crippen MR) is 62.9 cm³/mol. The molecule has 1 heterocycles. The average molecular weight is 211 g/mol. The van der Waals surface area contributed by atoms with E-state index in [1.54, 1.807) is 0 Å². The van der Waals surface area contributed by atoms with Gasteiger partial charge in [0.15, 0.2) is 0 Å². The van der Waals surface area contributed by atoms with Crippen molar-refractivity contribution in [2.24, 2.45) is 17.8 Å². The van der Waals surface area contributed by atoms with Crippen LogP contribution in [0.5, 0.6) is 0 Å². The molecule has 15 heavy (non-hydrogen) atoms. The summed E-state index contributed by atoms with van der Waals surface area (Å²) in [5.74, 6) is 2.27. The summed E-state index contributed by atoms with van der Waals surface area (Å²) in [6.45, 7) is 10.2. The number of fused-ring (bicyclic) bond motifs is 1. The molecule has 1 N–H and O–H groups in total. The number of hydrogen-bond acceptors (Lipinski definition) is 2. The summed E-state index contributed by atoms with van der Waals surface area (Å²) in [5.41, 5.74) is 0. The summed E-state index contributed by atoms with van der Waals surface area (Å²) in [6.07, 6.45) is 3.06. The second-order valence-electron chi connectivity index (χ2n) is 5.97. The minimum Gasteiger partial charge on any atom is -0.375 e. The minimum absolute atomic E-state index is 0.471. The van der Waals surface area contributed by atoms with Gasteiger partial charge in [-0.2, -0.15) is 0 Å². The minimum atomic E-state index is 0.471. The highest BCUT2D eigenvalue weighted by Crippen LogP contribution is 2.33. The van der Waals surface area contributed by atoms with Crippen LogP contribution in [0.4, 0.5) is 0 Å². The Morgan fingerprint density at radius 2 is 1.93 bits per heavy atom. The van der Waals surface area contributed by atoms with Gasteiger partial charge in [-0.05, 0) is 30.6 Å². The summed E-state index contributed by atoms with van der Waals surface area (Å²) in [7, 11) is 0. The van der Waals surface area contributed by atoms with Gasteiger partial charge in [-0.1, -0.05) is 27.7 Å². The Bertz CT molecular complexity index is 217. The Labute approximate surface area is 93.8 Å². The van der Waals surface area contributed by atoms with Crippen LogP contribution in [0.25, 0.3) is 0 Å². The Balaban J connectivity index is 2.00. The first kappa shape index (κ1) is 11.4. The first-order valence-corrected chi connectivity index (χ1v) is 6.45. The summed E-state index contributed by atoms with van der Waals surface area (Å²) < 4.78 is 6.03. The van der Waals surface area contributed by atoms with E-state index in [1.165, 1.54) is 12.8 Å². The number of rotatable bonds is 1. The van der Waals surface area contributed by atoms with Crippen molar-refractivity contribution < 1.29 is 4.74 Å². The van der Waals surface area contributed by atoms with Gasteiger partial charge in [-0.15, -0.1) is 0 Å². The molecule has 0 spiro atoms. The highest BCUT2D eigenvalue weighted by molar-refractivity contribution is 4.94. The van der Waals surface area contributed by atoms with E-state index in [4.69, 9.17) is 4.74 Å². The standard InChI is InChI=1S/C13H25NO/c1-8(2)11-7-15-12-6-9(3)5-10(4)13(12)14-11/h8-14H,5-7H2,1-4H3. The summed E-state index contributed by atoms with van der Waals surface area (Å²) >= 11 is 0. The first-order chi connectivity index (χ1) is 7.08. The first-order valence-electron chi connectivity index (χ1n) is 6.45. The molecule has 0 aromatic heterocycles. The predicted octanol–water partition coefficient (Wildman–Crippen LogP) is 2.43. The Kier molecular flexibility index (Phi) is 3.36. The molecule has 2 fully saturated rings. The van der Waals surface area contributed by atoms with E-state index < -0.39 is 0 Å². The smallest absolute Gasteiger partial charge is 0.0734 e. The van der Waals surface area contributed by atoms with Gasteiger partial charge in [0.1, 0.15) is 0 Å². The number of morpholine rings is 1. The third-order valence-corrected chi connectivity index (χ3v) is 4.12. The molecule has 0 bridgehead atoms. The van der Waals surface area contributed by atoms with Gasteiger partial charge in [-0.25, -0.2) is 0 Å². The molecule has 2 nitrogen and oxygen atoms in total. The van der Waals surface area contributed by atoms with E-state index in [0.717, 1.165) is 18.4 Å². The third kappa shape index (κ3) is 2.36. The molecule has 0 radical (unpaired) electrons. The van der Waals surface area contributed by atoms with Crippen LogP contribution in [0.15, 0.2) is 0 Å². The molecule has 1 aliphatic heterocycles. The van der Waals surface area contributed by atoms with Crippen LogP contribution in [0.2, 0.25) is 0 Å². The van der Waals surface area contributed by atoms with Gasteiger partial charge in [0.05, 0.1) is 12.7 Å². The van der Waals surface area contributed by atoms with Gasteiger partial charge in [0, 0.05) is 12.1 Å². The van der Waals surface area contributed by atoms with Crippen LogP contribution in [0, 0.1) is 17.8 Å². The molecule has 1 aliphatic carbocycles. The molecule has 1 saturated heterocycles. The fourth-order valence-corrected chi connectivity index (χ4v) is 3.14. The number of hydrogen-bond donors (Lipinski definition) is 1. The van der Waals surface area contributed by atoms with E-state index in [1.807, 2.05) is 0 Å². The van der Waals surface area contributed by atoms with Crippen LogP contribution in [0.1, 0.15) is 40.5 Å². The zero-order valence-corrected chi connectivity index (χ0v) is 10.5. The molecule has 1 saturated carbocycles. The van der Waals surface area contributed by atoms with E-state index in [-0.39, 0.29) is 0 Å². The maximum atomic E-state index is 6.03. The van der Waals surface area contributed by atoms with Crippen molar-refractivity contribution >= 4 is 0 Å². The van der Waals surface area contributed by atoms with Crippen molar-refractivity contribution in [2.45, 2.75) is 58.7 Å². The molecule has 2 rings (SSSR count). The summed E-state index contributed by atoms with van der Waals surface area (Å²) in [5, 5.41) is 3.80. The number of ether oxygens (including phenoxy) is 1. The normalized spacial score (nSPS) is 46.6. The van der Waals surface area contributed by atoms with Crippen molar-refractivity contribution in [1.29, 1.82) is 0 Å². The van der Waals surface area contributed by atoms with Gasteiger partial charge >= 0.3 is 0 Å². The quantitative estimate of drug-likeness (QED) is 0.719. The van der Waals surface area contributed by atoms with Gasteiger partial charge in [0.25, 0.3) is 0 Å². The Hall–Kier alpha value is -0.0800. The van der Waals surface area contributed by atoms with Crippen LogP contribution >= 0.6 is 0 Å². The second kappa shape index (κ2) is 4.42. The van der Waals surface area contributed by atoms with Crippen molar-refractivity contribution in [3.8, 4) is 0 Å². The molecule has 2 heteroatoms. The number of nitrogens with one attached hydrogen (secondary N) is 1. The lowest BCUT2D eigenvalue weighted by atomic mass is 9.76. The Morgan fingerprint density at radius 1 is 1.20 bits per heavy atom. The highest BCUT2D eigenvalue weighted by Gasteiger charge is 2.39. The molecular weight excluding hydrogens is 186 g/mol. The fraction of sp³-hybridized carbons (Fsp3) is 1.00. The third-order valence-electron chi connectivity index (χ3n) is 4.12. The summed E-state index contributed by atoms with van der Waals surface area (Å²) in [6, 6.07) is 1.16. The summed E-state index contributed by atoms with van der Waals surface area (Å²) in [4.78, 5) is 0. The molecule has 5 atom stereocenters. The lowest BCUT2D eigenvalue weighted by molar-refractivity contribution is -0.0789. The van der Waals surface area contributed by atoms with Crippen LogP contribution in [0.3, 0.4) is 0 Å². The molecule has 0 aromatic carbocycles. The van der Waals surface area contributed by atoms with Crippen molar-refractivity contribution in [1.82, 2.24) is 5.32 Å². The second-order valence-corrected chi connectivity index (χ2v) is 5.97. The monoisotopic (exact) mass is 211 g/mol. The lowest BCUT2D eigenvalue weighted by Gasteiger charge is -2.46. The maximum absolute atomic E-state index is 6.03. The highest BCUT2D eigenvalue weighted by atomic mass is 16.5.